The van der Waals surface area contributed by atoms with Crippen LogP contribution in [0.25, 0.3) is 21.5 Å². The number of fused-ring (bicyclic) bond motifs is 1. The van der Waals surface area contributed by atoms with E-state index in [0.717, 1.165) is 10.2 Å². The van der Waals surface area contributed by atoms with E-state index < -0.39 is 5.97 Å². The van der Waals surface area contributed by atoms with Gasteiger partial charge in [0.1, 0.15) is 11.5 Å². The SMILES string of the molecule is C/C(=N\Nc1nc2ccccc2s1)c1ccc(-c2cc(C(=O)O)ccc2Cl)o1. The molecule has 2 N–H and O–H groups in total. The normalized spacial score (nSPS) is 11.7. The van der Waals surface area contributed by atoms with E-state index in [1.54, 1.807) is 19.1 Å². The molecule has 6 nitrogen and oxygen atoms in total. The van der Waals surface area contributed by atoms with Crippen molar-refractivity contribution < 1.29 is 14.3 Å². The van der Waals surface area contributed by atoms with E-state index in [2.05, 4.69) is 15.5 Å². The Kier molecular flexibility index (Phi) is 4.85. The lowest BCUT2D eigenvalue weighted by Gasteiger charge is -2.03. The van der Waals surface area contributed by atoms with Crippen LogP contribution in [0.2, 0.25) is 5.02 Å². The van der Waals surface area contributed by atoms with E-state index >= 15 is 0 Å². The topological polar surface area (TPSA) is 87.7 Å². The molecule has 0 spiro atoms. The van der Waals surface area contributed by atoms with E-state index in [1.165, 1.54) is 29.5 Å². The summed E-state index contributed by atoms with van der Waals surface area (Å²) in [7, 11) is 0. The molecule has 28 heavy (non-hydrogen) atoms. The second kappa shape index (κ2) is 7.46. The first-order chi connectivity index (χ1) is 13.5. The summed E-state index contributed by atoms with van der Waals surface area (Å²) in [6, 6.07) is 15.8. The number of nitrogens with zero attached hydrogens (tertiary/aromatic N) is 2. The van der Waals surface area contributed by atoms with E-state index in [-0.39, 0.29) is 5.56 Å². The fourth-order valence-corrected chi connectivity index (χ4v) is 3.65. The monoisotopic (exact) mass is 411 g/mol. The summed E-state index contributed by atoms with van der Waals surface area (Å²) in [5.41, 5.74) is 5.14. The summed E-state index contributed by atoms with van der Waals surface area (Å²) >= 11 is 7.71. The molecule has 140 valence electrons. The van der Waals surface area contributed by atoms with Crippen LogP contribution in [0.3, 0.4) is 0 Å². The third-order valence-electron chi connectivity index (χ3n) is 4.05. The minimum Gasteiger partial charge on any atom is -0.478 e. The second-order valence-corrected chi connectivity index (χ2v) is 7.40. The maximum absolute atomic E-state index is 11.2. The van der Waals surface area contributed by atoms with Gasteiger partial charge in [0.25, 0.3) is 0 Å². The number of hydrazone groups is 1. The lowest BCUT2D eigenvalue weighted by Crippen LogP contribution is -1.98. The number of anilines is 1. The lowest BCUT2D eigenvalue weighted by atomic mass is 10.1. The van der Waals surface area contributed by atoms with Crippen molar-refractivity contribution in [3.05, 3.63) is 70.9 Å². The molecule has 0 atom stereocenters. The smallest absolute Gasteiger partial charge is 0.335 e. The second-order valence-electron chi connectivity index (χ2n) is 5.96. The Bertz CT molecular complexity index is 1180. The number of hydrogen-bond acceptors (Lipinski definition) is 6. The van der Waals surface area contributed by atoms with Gasteiger partial charge in [-0.3, -0.25) is 5.43 Å². The van der Waals surface area contributed by atoms with Crippen molar-refractivity contribution in [2.75, 3.05) is 5.43 Å². The number of hydrogen-bond donors (Lipinski definition) is 2. The minimum atomic E-state index is -1.03. The van der Waals surface area contributed by atoms with Crippen LogP contribution in [0.1, 0.15) is 23.0 Å². The molecular formula is C20H14ClN3O3S. The molecule has 4 aromatic rings. The predicted octanol–water partition coefficient (Wildman–Crippen LogP) is 5.74. The number of carbonyl (C=O) groups is 1. The zero-order valence-corrected chi connectivity index (χ0v) is 16.2. The zero-order chi connectivity index (χ0) is 19.7. The van der Waals surface area contributed by atoms with Gasteiger partial charge in [-0.05, 0) is 49.4 Å². The molecule has 0 bridgehead atoms. The van der Waals surface area contributed by atoms with Gasteiger partial charge in [0.2, 0.25) is 5.13 Å². The Hall–Kier alpha value is -3.16. The first kappa shape index (κ1) is 18.2. The third kappa shape index (κ3) is 3.62. The predicted molar refractivity (Wildman–Crippen MR) is 112 cm³/mol. The number of aromatic nitrogens is 1. The fraction of sp³-hybridized carbons (Fsp3) is 0.0500. The Balaban J connectivity index is 1.57. The van der Waals surface area contributed by atoms with E-state index in [1.807, 2.05) is 24.3 Å². The van der Waals surface area contributed by atoms with Gasteiger partial charge in [-0.15, -0.1) is 0 Å². The molecule has 0 saturated heterocycles. The summed E-state index contributed by atoms with van der Waals surface area (Å²) in [5, 5.41) is 14.6. The first-order valence-corrected chi connectivity index (χ1v) is 9.50. The highest BCUT2D eigenvalue weighted by atomic mass is 35.5. The van der Waals surface area contributed by atoms with Crippen LogP contribution in [0, 0.1) is 0 Å². The van der Waals surface area contributed by atoms with Crippen molar-refractivity contribution in [1.29, 1.82) is 0 Å². The van der Waals surface area contributed by atoms with Crippen molar-refractivity contribution in [2.24, 2.45) is 5.10 Å². The number of nitrogens with one attached hydrogen (secondary N) is 1. The van der Waals surface area contributed by atoms with Gasteiger partial charge in [-0.1, -0.05) is 35.1 Å². The van der Waals surface area contributed by atoms with Crippen LogP contribution >= 0.6 is 22.9 Å². The molecular weight excluding hydrogens is 398 g/mol. The number of benzene rings is 2. The Morgan fingerprint density at radius 3 is 2.82 bits per heavy atom. The van der Waals surface area contributed by atoms with Gasteiger partial charge in [-0.25, -0.2) is 9.78 Å². The molecule has 4 rings (SSSR count). The van der Waals surface area contributed by atoms with Crippen molar-refractivity contribution >= 4 is 50.0 Å². The zero-order valence-electron chi connectivity index (χ0n) is 14.6. The Morgan fingerprint density at radius 2 is 2.04 bits per heavy atom. The van der Waals surface area contributed by atoms with Crippen LogP contribution in [-0.4, -0.2) is 21.8 Å². The summed E-state index contributed by atoms with van der Waals surface area (Å²) in [5.74, 6) is -0.0134. The average molecular weight is 412 g/mol. The molecule has 0 radical (unpaired) electrons. The highest BCUT2D eigenvalue weighted by molar-refractivity contribution is 7.22. The molecule has 0 aliphatic carbocycles. The average Bonchev–Trinajstić information content (AvgIpc) is 3.33. The number of para-hydroxylation sites is 1. The highest BCUT2D eigenvalue weighted by Gasteiger charge is 2.13. The number of halogens is 1. The van der Waals surface area contributed by atoms with Gasteiger partial charge >= 0.3 is 5.97 Å². The molecule has 0 amide bonds. The Morgan fingerprint density at radius 1 is 1.21 bits per heavy atom. The summed E-state index contributed by atoms with van der Waals surface area (Å²) < 4.78 is 6.90. The van der Waals surface area contributed by atoms with Crippen molar-refractivity contribution in [1.82, 2.24) is 4.98 Å². The van der Waals surface area contributed by atoms with E-state index in [0.29, 0.717) is 32.9 Å². The number of carboxylic acids is 1. The molecule has 2 aromatic heterocycles. The molecule has 8 heteroatoms. The number of aromatic carboxylic acids is 1. The summed E-state index contributed by atoms with van der Waals surface area (Å²) in [6.07, 6.45) is 0. The molecule has 0 fully saturated rings. The van der Waals surface area contributed by atoms with Gasteiger partial charge in [0, 0.05) is 5.56 Å². The van der Waals surface area contributed by atoms with E-state index in [9.17, 15) is 4.79 Å². The van der Waals surface area contributed by atoms with Crippen LogP contribution in [0.4, 0.5) is 5.13 Å². The van der Waals surface area contributed by atoms with Gasteiger partial charge in [0.15, 0.2) is 5.76 Å². The molecule has 2 aromatic carbocycles. The number of rotatable bonds is 5. The quantitative estimate of drug-likeness (QED) is 0.322. The van der Waals surface area contributed by atoms with Crippen LogP contribution in [0.5, 0.6) is 0 Å². The minimum absolute atomic E-state index is 0.139. The van der Waals surface area contributed by atoms with Crippen LogP contribution < -0.4 is 5.43 Å². The van der Waals surface area contributed by atoms with Crippen LogP contribution in [0.15, 0.2) is 64.1 Å². The molecule has 0 unspecified atom stereocenters. The van der Waals surface area contributed by atoms with Gasteiger partial charge < -0.3 is 9.52 Å². The maximum atomic E-state index is 11.2. The number of furan rings is 1. The fourth-order valence-electron chi connectivity index (χ4n) is 2.63. The molecule has 0 aliphatic heterocycles. The van der Waals surface area contributed by atoms with Gasteiger partial charge in [-0.2, -0.15) is 5.10 Å². The molecule has 2 heterocycles. The largest absolute Gasteiger partial charge is 0.478 e. The maximum Gasteiger partial charge on any atom is 0.335 e. The van der Waals surface area contributed by atoms with Crippen molar-refractivity contribution in [2.45, 2.75) is 6.92 Å². The third-order valence-corrected chi connectivity index (χ3v) is 5.33. The number of thiazole rings is 1. The van der Waals surface area contributed by atoms with E-state index in [4.69, 9.17) is 21.1 Å². The summed E-state index contributed by atoms with van der Waals surface area (Å²) in [6.45, 7) is 1.80. The lowest BCUT2D eigenvalue weighted by molar-refractivity contribution is 0.0697. The highest BCUT2D eigenvalue weighted by Crippen LogP contribution is 2.31. The van der Waals surface area contributed by atoms with Crippen molar-refractivity contribution in [3.63, 3.8) is 0 Å². The molecule has 0 saturated carbocycles. The molecule has 0 aliphatic rings. The van der Waals surface area contributed by atoms with Crippen LogP contribution in [-0.2, 0) is 0 Å². The number of carboxylic acid groups (broad SMARTS) is 1. The standard InChI is InChI=1S/C20H14ClN3O3S/c1-11(23-24-20-22-15-4-2-3-5-18(15)28-20)16-8-9-17(27-16)13-10-12(19(25)26)6-7-14(13)21/h2-10H,1H3,(H,22,24)(H,25,26)/b23-11+. The van der Waals surface area contributed by atoms with Gasteiger partial charge in [0.05, 0.1) is 20.8 Å². The van der Waals surface area contributed by atoms with Crippen molar-refractivity contribution in [3.8, 4) is 11.3 Å². The Labute approximate surface area is 169 Å². The first-order valence-electron chi connectivity index (χ1n) is 8.30. The summed E-state index contributed by atoms with van der Waals surface area (Å²) in [4.78, 5) is 15.7.